The Morgan fingerprint density at radius 3 is 2.39 bits per heavy atom. The van der Waals surface area contributed by atoms with E-state index >= 15 is 0 Å². The molecule has 0 radical (unpaired) electrons. The lowest BCUT2D eigenvalue weighted by Crippen LogP contribution is -2.29. The highest BCUT2D eigenvalue weighted by Crippen LogP contribution is 2.49. The van der Waals surface area contributed by atoms with Crippen molar-refractivity contribution in [3.05, 3.63) is 107 Å². The maximum absolute atomic E-state index is 6.14. The van der Waals surface area contributed by atoms with Gasteiger partial charge in [-0.1, -0.05) is 89.6 Å². The van der Waals surface area contributed by atoms with Gasteiger partial charge < -0.3 is 4.90 Å². The molecule has 1 aliphatic rings. The average Bonchev–Trinajstić information content (AvgIpc) is 2.74. The van der Waals surface area contributed by atoms with Gasteiger partial charge in [0.25, 0.3) is 0 Å². The van der Waals surface area contributed by atoms with Gasteiger partial charge in [0, 0.05) is 22.2 Å². The summed E-state index contributed by atoms with van der Waals surface area (Å²) < 4.78 is 0. The molecule has 1 nitrogen and oxygen atoms in total. The van der Waals surface area contributed by atoms with Crippen LogP contribution in [0.1, 0.15) is 22.1 Å². The highest BCUT2D eigenvalue weighted by atomic mass is 35.5. The molecular weight excluding hydrogens is 382 g/mol. The highest BCUT2D eigenvalue weighted by Gasteiger charge is 2.29. The lowest BCUT2D eigenvalue weighted by atomic mass is 10.0. The number of hydrogen-bond donors (Lipinski definition) is 0. The first-order valence-electron chi connectivity index (χ1n) is 9.45. The number of fused-ring (bicyclic) bond motifs is 3. The molecule has 4 aromatic rings. The van der Waals surface area contributed by atoms with Crippen molar-refractivity contribution in [2.75, 3.05) is 4.90 Å². The molecule has 0 saturated heterocycles. The predicted octanol–water partition coefficient (Wildman–Crippen LogP) is 7.61. The number of halogens is 1. The second-order valence-corrected chi connectivity index (χ2v) is 8.79. The van der Waals surface area contributed by atoms with Crippen molar-refractivity contribution >= 4 is 39.8 Å². The van der Waals surface area contributed by atoms with Crippen LogP contribution in [0.2, 0.25) is 5.02 Å². The molecule has 0 spiro atoms. The van der Waals surface area contributed by atoms with Crippen molar-refractivity contribution in [1.82, 2.24) is 0 Å². The van der Waals surface area contributed by atoms with E-state index in [1.807, 2.05) is 23.9 Å². The fourth-order valence-electron chi connectivity index (χ4n) is 3.83. The van der Waals surface area contributed by atoms with E-state index in [9.17, 15) is 0 Å². The van der Waals surface area contributed by atoms with Gasteiger partial charge in [0.15, 0.2) is 0 Å². The van der Waals surface area contributed by atoms with E-state index < -0.39 is 0 Å². The van der Waals surface area contributed by atoms with Crippen molar-refractivity contribution in [2.24, 2.45) is 0 Å². The van der Waals surface area contributed by atoms with Gasteiger partial charge >= 0.3 is 0 Å². The van der Waals surface area contributed by atoms with Crippen molar-refractivity contribution in [3.8, 4) is 0 Å². The molecule has 0 saturated carbocycles. The van der Waals surface area contributed by atoms with E-state index in [-0.39, 0.29) is 5.37 Å². The SMILES string of the molecule is Cc1ccc([C@@H]2Sc3c(ccc4ccccc34)CN2c2ccc(Cl)cc2)cc1. The Bertz CT molecular complexity index is 1140. The molecule has 5 rings (SSSR count). The topological polar surface area (TPSA) is 3.24 Å². The summed E-state index contributed by atoms with van der Waals surface area (Å²) in [5.41, 5.74) is 5.18. The molecule has 1 heterocycles. The van der Waals surface area contributed by atoms with E-state index in [1.165, 1.54) is 38.0 Å². The van der Waals surface area contributed by atoms with Gasteiger partial charge in [-0.2, -0.15) is 0 Å². The predicted molar refractivity (Wildman–Crippen MR) is 121 cm³/mol. The minimum Gasteiger partial charge on any atom is -0.351 e. The summed E-state index contributed by atoms with van der Waals surface area (Å²) in [6.45, 7) is 3.02. The normalized spacial score (nSPS) is 16.2. The van der Waals surface area contributed by atoms with Crippen LogP contribution in [-0.2, 0) is 6.54 Å². The standard InChI is InChI=1S/C25H20ClNS/c1-17-6-8-19(9-7-17)25-27(22-14-12-21(26)13-15-22)16-20-11-10-18-4-2-3-5-23(18)24(20)28-25/h2-15,25H,16H2,1H3/t25-/m0/s1. The largest absolute Gasteiger partial charge is 0.351 e. The number of aryl methyl sites for hydroxylation is 1. The molecule has 0 aliphatic carbocycles. The lowest BCUT2D eigenvalue weighted by Gasteiger charge is -2.39. The molecule has 138 valence electrons. The summed E-state index contributed by atoms with van der Waals surface area (Å²) in [7, 11) is 0. The first-order chi connectivity index (χ1) is 13.7. The van der Waals surface area contributed by atoms with E-state index in [0.29, 0.717) is 0 Å². The van der Waals surface area contributed by atoms with Crippen molar-refractivity contribution in [2.45, 2.75) is 23.7 Å². The first-order valence-corrected chi connectivity index (χ1v) is 10.7. The fraction of sp³-hybridized carbons (Fsp3) is 0.120. The van der Waals surface area contributed by atoms with Crippen LogP contribution in [0.15, 0.2) is 89.8 Å². The molecule has 0 unspecified atom stereocenters. The van der Waals surface area contributed by atoms with Crippen LogP contribution in [0.5, 0.6) is 0 Å². The van der Waals surface area contributed by atoms with E-state index in [0.717, 1.165) is 11.6 Å². The zero-order chi connectivity index (χ0) is 19.1. The molecule has 0 bridgehead atoms. The Morgan fingerprint density at radius 2 is 1.61 bits per heavy atom. The van der Waals surface area contributed by atoms with Gasteiger partial charge in [-0.15, -0.1) is 0 Å². The third-order valence-electron chi connectivity index (χ3n) is 5.34. The Balaban J connectivity index is 1.65. The molecule has 0 N–H and O–H groups in total. The van der Waals surface area contributed by atoms with E-state index in [1.54, 1.807) is 0 Å². The molecule has 3 heteroatoms. The second-order valence-electron chi connectivity index (χ2n) is 7.26. The quantitative estimate of drug-likeness (QED) is 0.340. The molecule has 4 aromatic carbocycles. The van der Waals surface area contributed by atoms with Crippen LogP contribution in [0.25, 0.3) is 10.8 Å². The van der Waals surface area contributed by atoms with Crippen molar-refractivity contribution in [1.29, 1.82) is 0 Å². The fourth-order valence-corrected chi connectivity index (χ4v) is 5.39. The monoisotopic (exact) mass is 401 g/mol. The van der Waals surface area contributed by atoms with Gasteiger partial charge in [-0.25, -0.2) is 0 Å². The number of benzene rings is 4. The van der Waals surface area contributed by atoms with Crippen LogP contribution in [0.3, 0.4) is 0 Å². The molecular formula is C25H20ClNS. The number of rotatable bonds is 2. The summed E-state index contributed by atoms with van der Waals surface area (Å²) in [6, 6.07) is 30.3. The van der Waals surface area contributed by atoms with Gasteiger partial charge in [0.1, 0.15) is 5.37 Å². The van der Waals surface area contributed by atoms with Gasteiger partial charge in [-0.3, -0.25) is 0 Å². The van der Waals surface area contributed by atoms with Crippen LogP contribution in [0.4, 0.5) is 5.69 Å². The minimum absolute atomic E-state index is 0.222. The highest BCUT2D eigenvalue weighted by molar-refractivity contribution is 8.00. The Kier molecular flexibility index (Phi) is 4.54. The van der Waals surface area contributed by atoms with Crippen molar-refractivity contribution in [3.63, 3.8) is 0 Å². The number of nitrogens with zero attached hydrogens (tertiary/aromatic N) is 1. The molecule has 0 fully saturated rings. The van der Waals surface area contributed by atoms with Gasteiger partial charge in [-0.05, 0) is 53.1 Å². The summed E-state index contributed by atoms with van der Waals surface area (Å²) in [6.07, 6.45) is 0. The number of anilines is 1. The average molecular weight is 402 g/mol. The Morgan fingerprint density at radius 1 is 0.857 bits per heavy atom. The minimum atomic E-state index is 0.222. The zero-order valence-electron chi connectivity index (χ0n) is 15.6. The first kappa shape index (κ1) is 17.7. The summed E-state index contributed by atoms with van der Waals surface area (Å²) >= 11 is 8.09. The third-order valence-corrected chi connectivity index (χ3v) is 7.05. The van der Waals surface area contributed by atoms with Crippen LogP contribution < -0.4 is 4.90 Å². The zero-order valence-corrected chi connectivity index (χ0v) is 17.2. The molecule has 1 aliphatic heterocycles. The number of hydrogen-bond acceptors (Lipinski definition) is 2. The summed E-state index contributed by atoms with van der Waals surface area (Å²) in [5.74, 6) is 0. The summed E-state index contributed by atoms with van der Waals surface area (Å²) in [5, 5.41) is 3.64. The maximum Gasteiger partial charge on any atom is 0.105 e. The van der Waals surface area contributed by atoms with Crippen LogP contribution in [-0.4, -0.2) is 0 Å². The lowest BCUT2D eigenvalue weighted by molar-refractivity contribution is 0.758. The Labute approximate surface area is 175 Å². The van der Waals surface area contributed by atoms with E-state index in [2.05, 4.69) is 84.6 Å². The smallest absolute Gasteiger partial charge is 0.105 e. The Hall–Kier alpha value is -2.42. The molecule has 1 atom stereocenters. The van der Waals surface area contributed by atoms with Crippen LogP contribution >= 0.6 is 23.4 Å². The maximum atomic E-state index is 6.14. The molecule has 0 aromatic heterocycles. The van der Waals surface area contributed by atoms with E-state index in [4.69, 9.17) is 11.6 Å². The van der Waals surface area contributed by atoms with Crippen molar-refractivity contribution < 1.29 is 0 Å². The third kappa shape index (κ3) is 3.17. The molecule has 0 amide bonds. The number of thioether (sulfide) groups is 1. The van der Waals surface area contributed by atoms with Gasteiger partial charge in [0.05, 0.1) is 0 Å². The molecule has 28 heavy (non-hydrogen) atoms. The summed E-state index contributed by atoms with van der Waals surface area (Å²) in [4.78, 5) is 3.87. The second kappa shape index (κ2) is 7.20. The van der Waals surface area contributed by atoms with Crippen LogP contribution in [0, 0.1) is 6.92 Å². The van der Waals surface area contributed by atoms with Gasteiger partial charge in [0.2, 0.25) is 0 Å².